The van der Waals surface area contributed by atoms with Crippen LogP contribution in [0.15, 0.2) is 148 Å². The third-order valence-electron chi connectivity index (χ3n) is 5.69. The van der Waals surface area contributed by atoms with Crippen LogP contribution in [0.1, 0.15) is 39.5 Å². The van der Waals surface area contributed by atoms with Crippen molar-refractivity contribution in [3.05, 3.63) is 187 Å². The van der Waals surface area contributed by atoms with Crippen LogP contribution in [0.5, 0.6) is 0 Å². The molecule has 0 aliphatic rings. The van der Waals surface area contributed by atoms with Gasteiger partial charge in [0.2, 0.25) is 0 Å². The molecule has 284 valence electrons. The number of rotatable bonds is 0. The number of nitrogens with zero attached hydrogens (tertiary/aromatic N) is 16. The van der Waals surface area contributed by atoms with Gasteiger partial charge in [-0.05, 0) is 140 Å². The van der Waals surface area contributed by atoms with E-state index in [0.717, 1.165) is 28.3 Å². The van der Waals surface area contributed by atoms with Crippen molar-refractivity contribution in [1.82, 2.24) is 80.7 Å². The summed E-state index contributed by atoms with van der Waals surface area (Å²) in [6.45, 7) is 13.8. The average Bonchev–Trinajstić information content (AvgIpc) is 3.70. The molecule has 8 aromatic rings. The van der Waals surface area contributed by atoms with Crippen molar-refractivity contribution in [2.24, 2.45) is 7.05 Å². The molecule has 16 nitrogen and oxygen atoms in total. The highest BCUT2D eigenvalue weighted by molar-refractivity contribution is 5.06. The number of pyridine rings is 3. The molecule has 0 atom stereocenters. The van der Waals surface area contributed by atoms with Gasteiger partial charge in [-0.15, -0.1) is 4.80 Å². The molecule has 0 saturated carbocycles. The van der Waals surface area contributed by atoms with Crippen molar-refractivity contribution in [2.75, 3.05) is 0 Å². The molecule has 8 rings (SSSR count). The Morgan fingerprint density at radius 2 is 0.982 bits per heavy atom. The number of aromatic nitrogens is 16. The zero-order valence-corrected chi connectivity index (χ0v) is 32.5. The maximum absolute atomic E-state index is 3.98. The standard InChI is InChI=1S/3C6H7N.4C5H6N2.CH3N5/c1-6-2-4-7-5-3-6;1-6-3-2-4-7-5-6;1-6-4-2-3-5-7-6;1-5-2-6-4-7-3-5;1-5-2-3-6-4-7-5;1-5-2-3-6-7-4-5;1-5-6-3-2-4-7-5;1-6-4-2-3-5-6/h3*2-5H,1H3;4*2-4H,1H3;1H3. The summed E-state index contributed by atoms with van der Waals surface area (Å²) < 4.78 is 0. The van der Waals surface area contributed by atoms with Gasteiger partial charge in [-0.3, -0.25) is 15.0 Å². The Bertz CT molecular complexity index is 1580. The second-order valence-electron chi connectivity index (χ2n) is 10.9. The lowest BCUT2D eigenvalue weighted by atomic mass is 10.3. The Hall–Kier alpha value is -7.23. The maximum atomic E-state index is 3.98. The van der Waals surface area contributed by atoms with Crippen LogP contribution in [-0.2, 0) is 7.05 Å². The van der Waals surface area contributed by atoms with Crippen molar-refractivity contribution >= 4 is 0 Å². The Morgan fingerprint density at radius 1 is 0.382 bits per heavy atom. The first kappa shape index (κ1) is 45.8. The predicted octanol–water partition coefficient (Wildman–Crippen LogP) is 5.92. The number of aryl methyl sites for hydroxylation is 8. The number of hydrogen-bond donors (Lipinski definition) is 0. The van der Waals surface area contributed by atoms with E-state index in [4.69, 9.17) is 0 Å². The second kappa shape index (κ2) is 31.5. The normalized spacial score (nSPS) is 8.73. The molecule has 0 aromatic carbocycles. The molecule has 0 bridgehead atoms. The molecular weight excluding hydrogens is 693 g/mol. The van der Waals surface area contributed by atoms with Gasteiger partial charge in [-0.1, -0.05) is 12.1 Å². The summed E-state index contributed by atoms with van der Waals surface area (Å²) in [5, 5.41) is 20.3. The Kier molecular flexibility index (Phi) is 26.2. The molecule has 16 heteroatoms. The Balaban J connectivity index is 0.000000314. The molecule has 0 amide bonds. The molecule has 55 heavy (non-hydrogen) atoms. The average molecular weight is 741 g/mol. The molecule has 0 unspecified atom stereocenters. The van der Waals surface area contributed by atoms with E-state index >= 15 is 0 Å². The van der Waals surface area contributed by atoms with Crippen LogP contribution in [0.2, 0.25) is 0 Å². The van der Waals surface area contributed by atoms with Gasteiger partial charge >= 0.3 is 0 Å². The lowest BCUT2D eigenvalue weighted by Crippen LogP contribution is -1.91. The van der Waals surface area contributed by atoms with Crippen molar-refractivity contribution < 1.29 is 0 Å². The largest absolute Gasteiger partial charge is 0.265 e. The molecule has 8 heterocycles. The molecule has 0 saturated heterocycles. The zero-order valence-electron chi connectivity index (χ0n) is 32.5. The van der Waals surface area contributed by atoms with Gasteiger partial charge in [-0.2, -0.15) is 10.2 Å². The molecule has 0 spiro atoms. The van der Waals surface area contributed by atoms with Gasteiger partial charge in [-0.25, -0.2) is 29.9 Å². The summed E-state index contributed by atoms with van der Waals surface area (Å²) in [6.07, 6.45) is 24.1. The van der Waals surface area contributed by atoms with Gasteiger partial charge in [0.15, 0.2) is 0 Å². The van der Waals surface area contributed by atoms with E-state index in [2.05, 4.69) is 75.9 Å². The quantitative estimate of drug-likeness (QED) is 0.177. The van der Waals surface area contributed by atoms with Crippen LogP contribution in [0, 0.1) is 48.5 Å². The molecule has 0 N–H and O–H groups in total. The first-order valence-electron chi connectivity index (χ1n) is 16.7. The van der Waals surface area contributed by atoms with E-state index in [1.807, 2.05) is 109 Å². The van der Waals surface area contributed by atoms with E-state index in [-0.39, 0.29) is 0 Å². The van der Waals surface area contributed by atoms with Crippen LogP contribution in [-0.4, -0.2) is 80.7 Å². The fourth-order valence-electron chi connectivity index (χ4n) is 2.95. The van der Waals surface area contributed by atoms with E-state index < -0.39 is 0 Å². The van der Waals surface area contributed by atoms with Gasteiger partial charge in [0.1, 0.15) is 18.5 Å². The minimum atomic E-state index is 0.822. The van der Waals surface area contributed by atoms with Gasteiger partial charge in [0.05, 0.1) is 13.2 Å². The molecule has 0 aliphatic heterocycles. The fourth-order valence-corrected chi connectivity index (χ4v) is 2.95. The maximum Gasteiger partial charge on any atom is 0.125 e. The summed E-state index contributed by atoms with van der Waals surface area (Å²) in [6, 6.07) is 19.3. The van der Waals surface area contributed by atoms with Gasteiger partial charge in [0.25, 0.3) is 0 Å². The number of hydrogen-bond acceptors (Lipinski definition) is 15. The summed E-state index contributed by atoms with van der Waals surface area (Å²) in [5.74, 6) is 0.822. The first-order chi connectivity index (χ1) is 26.7. The minimum absolute atomic E-state index is 0.822. The lowest BCUT2D eigenvalue weighted by molar-refractivity contribution is 0.622. The Morgan fingerprint density at radius 3 is 1.25 bits per heavy atom. The highest BCUT2D eigenvalue weighted by Gasteiger charge is 1.78. The highest BCUT2D eigenvalue weighted by Crippen LogP contribution is 1.90. The molecule has 8 aromatic heterocycles. The molecule has 0 fully saturated rings. The summed E-state index contributed by atoms with van der Waals surface area (Å²) in [7, 11) is 1.65. The van der Waals surface area contributed by atoms with Crippen LogP contribution < -0.4 is 0 Å². The SMILES string of the molecule is Cc1ccccn1.Cc1cccnc1.Cc1ccncc1.Cc1ccncn1.Cc1ccnnc1.Cc1cncnc1.Cc1ncccn1.Cn1nnnn1. The van der Waals surface area contributed by atoms with Gasteiger partial charge in [0, 0.05) is 79.6 Å². The van der Waals surface area contributed by atoms with Crippen LogP contribution >= 0.6 is 0 Å². The van der Waals surface area contributed by atoms with Crippen LogP contribution in [0.4, 0.5) is 0 Å². The highest BCUT2D eigenvalue weighted by atomic mass is 15.7. The molecule has 0 radical (unpaired) electrons. The topological polar surface area (TPSA) is 198 Å². The Labute approximate surface area is 322 Å². The van der Waals surface area contributed by atoms with Crippen LogP contribution in [0.25, 0.3) is 0 Å². The smallest absolute Gasteiger partial charge is 0.125 e. The zero-order chi connectivity index (χ0) is 40.2. The van der Waals surface area contributed by atoms with E-state index in [1.165, 1.54) is 28.6 Å². The minimum Gasteiger partial charge on any atom is -0.265 e. The van der Waals surface area contributed by atoms with E-state index in [9.17, 15) is 0 Å². The predicted molar refractivity (Wildman–Crippen MR) is 211 cm³/mol. The fraction of sp³-hybridized carbons (Fsp3) is 0.205. The van der Waals surface area contributed by atoms with Crippen molar-refractivity contribution in [2.45, 2.75) is 48.5 Å². The summed E-state index contributed by atoms with van der Waals surface area (Å²) in [4.78, 5) is 35.9. The molecule has 0 aliphatic carbocycles. The second-order valence-corrected chi connectivity index (χ2v) is 10.9. The summed E-state index contributed by atoms with van der Waals surface area (Å²) >= 11 is 0. The van der Waals surface area contributed by atoms with Crippen molar-refractivity contribution in [1.29, 1.82) is 0 Å². The van der Waals surface area contributed by atoms with E-state index in [1.54, 1.807) is 81.3 Å². The monoisotopic (exact) mass is 740 g/mol. The van der Waals surface area contributed by atoms with Gasteiger partial charge < -0.3 is 0 Å². The summed E-state index contributed by atoms with van der Waals surface area (Å²) in [5.41, 5.74) is 6.80. The lowest BCUT2D eigenvalue weighted by Gasteiger charge is -1.82. The third-order valence-corrected chi connectivity index (χ3v) is 5.69. The third kappa shape index (κ3) is 30.1. The van der Waals surface area contributed by atoms with E-state index in [0.29, 0.717) is 0 Å². The van der Waals surface area contributed by atoms with Crippen molar-refractivity contribution in [3.8, 4) is 0 Å². The van der Waals surface area contributed by atoms with Crippen molar-refractivity contribution in [3.63, 3.8) is 0 Å². The first-order valence-corrected chi connectivity index (χ1v) is 16.7. The van der Waals surface area contributed by atoms with Crippen LogP contribution in [0.3, 0.4) is 0 Å². The molecular formula is C39H48N16.